The highest BCUT2D eigenvalue weighted by molar-refractivity contribution is 8.00. The van der Waals surface area contributed by atoms with Crippen LogP contribution in [0.15, 0.2) is 59.5 Å². The van der Waals surface area contributed by atoms with E-state index in [0.29, 0.717) is 5.02 Å². The van der Waals surface area contributed by atoms with Crippen molar-refractivity contribution in [1.29, 1.82) is 0 Å². The molecule has 0 saturated carbocycles. The van der Waals surface area contributed by atoms with Gasteiger partial charge >= 0.3 is 0 Å². The molecule has 5 heteroatoms. The fraction of sp³-hybridized carbons (Fsp3) is 0.350. The van der Waals surface area contributed by atoms with E-state index < -0.39 is 0 Å². The third kappa shape index (κ3) is 4.57. The number of thioether (sulfide) groups is 1. The van der Waals surface area contributed by atoms with Gasteiger partial charge in [-0.1, -0.05) is 41.9 Å². The monoisotopic (exact) mass is 374 g/mol. The smallest absolute Gasteiger partial charge is 0.236 e. The number of rotatable bonds is 4. The lowest BCUT2D eigenvalue weighted by Crippen LogP contribution is -2.51. The van der Waals surface area contributed by atoms with Crippen LogP contribution in [-0.2, 0) is 4.79 Å². The topological polar surface area (TPSA) is 23.6 Å². The molecule has 1 aliphatic heterocycles. The summed E-state index contributed by atoms with van der Waals surface area (Å²) < 4.78 is 0. The average molecular weight is 375 g/mol. The molecule has 2 atom stereocenters. The van der Waals surface area contributed by atoms with Crippen LogP contribution < -0.4 is 0 Å². The third-order valence-electron chi connectivity index (χ3n) is 4.53. The lowest BCUT2D eigenvalue weighted by atomic mass is 10.0. The Kier molecular flexibility index (Phi) is 6.05. The van der Waals surface area contributed by atoms with Crippen LogP contribution in [0, 0.1) is 0 Å². The van der Waals surface area contributed by atoms with Gasteiger partial charge in [0.2, 0.25) is 5.91 Å². The number of carbonyl (C=O) groups is 1. The molecule has 1 aliphatic rings. The summed E-state index contributed by atoms with van der Waals surface area (Å²) in [7, 11) is 2.11. The van der Waals surface area contributed by atoms with E-state index >= 15 is 0 Å². The quantitative estimate of drug-likeness (QED) is 0.744. The average Bonchev–Trinajstić information content (AvgIpc) is 2.63. The first-order chi connectivity index (χ1) is 12.0. The molecule has 132 valence electrons. The van der Waals surface area contributed by atoms with E-state index in [2.05, 4.69) is 24.1 Å². The normalized spacial score (nSPS) is 19.6. The molecule has 2 aromatic carbocycles. The van der Waals surface area contributed by atoms with Crippen molar-refractivity contribution in [1.82, 2.24) is 9.80 Å². The predicted molar refractivity (Wildman–Crippen MR) is 105 cm³/mol. The van der Waals surface area contributed by atoms with E-state index in [1.165, 1.54) is 5.56 Å². The largest absolute Gasteiger partial charge is 0.332 e. The number of nitrogens with zero attached hydrogens (tertiary/aromatic N) is 2. The first kappa shape index (κ1) is 18.3. The van der Waals surface area contributed by atoms with Crippen LogP contribution in [-0.4, -0.2) is 47.6 Å². The van der Waals surface area contributed by atoms with Crippen LogP contribution in [0.4, 0.5) is 0 Å². The minimum Gasteiger partial charge on any atom is -0.332 e. The summed E-state index contributed by atoms with van der Waals surface area (Å²) in [6.07, 6.45) is 0. The zero-order chi connectivity index (χ0) is 17.8. The highest BCUT2D eigenvalue weighted by Crippen LogP contribution is 2.30. The second-order valence-corrected chi connectivity index (χ2v) is 8.29. The molecule has 3 rings (SSSR count). The van der Waals surface area contributed by atoms with E-state index in [-0.39, 0.29) is 17.2 Å². The SMILES string of the molecule is C[C@@H](Sc1ccc(Cl)cc1)C(=O)N1CCN(C)C[C@@H]1c1ccccc1. The van der Waals surface area contributed by atoms with E-state index in [9.17, 15) is 4.79 Å². The second kappa shape index (κ2) is 8.26. The number of amides is 1. The maximum atomic E-state index is 13.1. The van der Waals surface area contributed by atoms with Gasteiger partial charge in [0.05, 0.1) is 11.3 Å². The number of carbonyl (C=O) groups excluding carboxylic acids is 1. The molecule has 25 heavy (non-hydrogen) atoms. The summed E-state index contributed by atoms with van der Waals surface area (Å²) >= 11 is 7.53. The fourth-order valence-corrected chi connectivity index (χ4v) is 4.21. The van der Waals surface area contributed by atoms with Crippen LogP contribution >= 0.6 is 23.4 Å². The van der Waals surface area contributed by atoms with Crippen LogP contribution in [0.25, 0.3) is 0 Å². The number of hydrogen-bond donors (Lipinski definition) is 0. The Morgan fingerprint density at radius 1 is 1.12 bits per heavy atom. The van der Waals surface area contributed by atoms with Crippen molar-refractivity contribution in [3.63, 3.8) is 0 Å². The molecule has 1 amide bonds. The van der Waals surface area contributed by atoms with Crippen molar-refractivity contribution >= 4 is 29.3 Å². The third-order valence-corrected chi connectivity index (χ3v) is 5.88. The van der Waals surface area contributed by atoms with Gasteiger partial charge in [0, 0.05) is 29.6 Å². The van der Waals surface area contributed by atoms with E-state index in [1.54, 1.807) is 11.8 Å². The molecule has 3 nitrogen and oxygen atoms in total. The zero-order valence-electron chi connectivity index (χ0n) is 14.6. The zero-order valence-corrected chi connectivity index (χ0v) is 16.1. The molecule has 2 aromatic rings. The minimum absolute atomic E-state index is 0.112. The van der Waals surface area contributed by atoms with Gasteiger partial charge in [-0.2, -0.15) is 0 Å². The van der Waals surface area contributed by atoms with E-state index in [4.69, 9.17) is 11.6 Å². The Hall–Kier alpha value is -1.49. The molecular weight excluding hydrogens is 352 g/mol. The summed E-state index contributed by atoms with van der Waals surface area (Å²) in [5.74, 6) is 0.196. The van der Waals surface area contributed by atoms with Gasteiger partial charge in [-0.25, -0.2) is 0 Å². The molecule has 0 radical (unpaired) electrons. The second-order valence-electron chi connectivity index (χ2n) is 6.43. The van der Waals surface area contributed by atoms with Crippen molar-refractivity contribution < 1.29 is 4.79 Å². The van der Waals surface area contributed by atoms with Crippen molar-refractivity contribution in [3.05, 3.63) is 65.2 Å². The van der Waals surface area contributed by atoms with Gasteiger partial charge in [-0.05, 0) is 43.8 Å². The standard InChI is InChI=1S/C20H23ClN2OS/c1-15(25-18-10-8-17(21)9-11-18)20(24)23-13-12-22(2)14-19(23)16-6-4-3-5-7-16/h3-11,15,19H,12-14H2,1-2H3/t15-,19-/m1/s1. The Morgan fingerprint density at radius 3 is 2.48 bits per heavy atom. The van der Waals surface area contributed by atoms with Crippen molar-refractivity contribution in [2.45, 2.75) is 23.1 Å². The molecule has 0 spiro atoms. The Labute approximate surface area is 159 Å². The van der Waals surface area contributed by atoms with Crippen LogP contribution in [0.5, 0.6) is 0 Å². The molecule has 0 aliphatic carbocycles. The summed E-state index contributed by atoms with van der Waals surface area (Å²) in [6.45, 7) is 4.53. The summed E-state index contributed by atoms with van der Waals surface area (Å²) in [5, 5.41) is 0.585. The van der Waals surface area contributed by atoms with Crippen molar-refractivity contribution in [3.8, 4) is 0 Å². The van der Waals surface area contributed by atoms with Gasteiger partial charge in [-0.15, -0.1) is 11.8 Å². The maximum absolute atomic E-state index is 13.1. The Morgan fingerprint density at radius 2 is 1.80 bits per heavy atom. The lowest BCUT2D eigenvalue weighted by Gasteiger charge is -2.41. The molecular formula is C20H23ClN2OS. The summed E-state index contributed by atoms with van der Waals surface area (Å²) in [5.41, 5.74) is 1.20. The van der Waals surface area contributed by atoms with Crippen molar-refractivity contribution in [2.24, 2.45) is 0 Å². The minimum atomic E-state index is -0.129. The first-order valence-electron chi connectivity index (χ1n) is 8.51. The maximum Gasteiger partial charge on any atom is 0.236 e. The van der Waals surface area contributed by atoms with E-state index in [1.807, 2.05) is 54.3 Å². The van der Waals surface area contributed by atoms with Gasteiger partial charge in [0.15, 0.2) is 0 Å². The molecule has 0 bridgehead atoms. The van der Waals surface area contributed by atoms with Crippen LogP contribution in [0.2, 0.25) is 5.02 Å². The number of piperazine rings is 1. The highest BCUT2D eigenvalue weighted by atomic mass is 35.5. The fourth-order valence-electron chi connectivity index (χ4n) is 3.14. The Balaban J connectivity index is 1.75. The molecule has 1 heterocycles. The molecule has 0 N–H and O–H groups in total. The Bertz CT molecular complexity index is 707. The summed E-state index contributed by atoms with van der Waals surface area (Å²) in [4.78, 5) is 18.5. The lowest BCUT2D eigenvalue weighted by molar-refractivity contribution is -0.135. The number of likely N-dealkylation sites (N-methyl/N-ethyl adjacent to an activating group) is 1. The number of halogens is 1. The van der Waals surface area contributed by atoms with Crippen LogP contribution in [0.1, 0.15) is 18.5 Å². The summed E-state index contributed by atoms with van der Waals surface area (Å²) in [6, 6.07) is 18.1. The molecule has 0 aromatic heterocycles. The van der Waals surface area contributed by atoms with Gasteiger partial charge < -0.3 is 9.80 Å². The number of hydrogen-bond acceptors (Lipinski definition) is 3. The van der Waals surface area contributed by atoms with Crippen LogP contribution in [0.3, 0.4) is 0 Å². The van der Waals surface area contributed by atoms with Gasteiger partial charge in [0.25, 0.3) is 0 Å². The van der Waals surface area contributed by atoms with Gasteiger partial charge in [-0.3, -0.25) is 4.79 Å². The number of benzene rings is 2. The van der Waals surface area contributed by atoms with E-state index in [0.717, 1.165) is 24.5 Å². The van der Waals surface area contributed by atoms with Gasteiger partial charge in [0.1, 0.15) is 0 Å². The van der Waals surface area contributed by atoms with Crippen molar-refractivity contribution in [2.75, 3.05) is 26.7 Å². The predicted octanol–water partition coefficient (Wildman–Crippen LogP) is 4.34. The molecule has 1 fully saturated rings. The molecule has 0 unspecified atom stereocenters. The first-order valence-corrected chi connectivity index (χ1v) is 9.76. The molecule has 1 saturated heterocycles. The highest BCUT2D eigenvalue weighted by Gasteiger charge is 2.32.